The minimum Gasteiger partial charge on any atom is -0.494 e. The van der Waals surface area contributed by atoms with Crippen LogP contribution in [0.3, 0.4) is 0 Å². The van der Waals surface area contributed by atoms with E-state index in [0.717, 1.165) is 11.3 Å². The normalized spacial score (nSPS) is 10.4. The van der Waals surface area contributed by atoms with Crippen molar-refractivity contribution in [3.63, 3.8) is 0 Å². The van der Waals surface area contributed by atoms with E-state index in [9.17, 15) is 4.79 Å². The second-order valence-corrected chi connectivity index (χ2v) is 4.04. The molecule has 0 saturated heterocycles. The fraction of sp³-hybridized carbons (Fsp3) is 0.231. The minimum atomic E-state index is -0.572. The topological polar surface area (TPSA) is 52.3 Å². The Balaban J connectivity index is 2.40. The molecule has 0 aliphatic rings. The highest BCUT2D eigenvalue weighted by molar-refractivity contribution is 6.68. The van der Waals surface area contributed by atoms with Gasteiger partial charge in [-0.2, -0.15) is 0 Å². The third-order valence-corrected chi connectivity index (χ3v) is 2.69. The molecule has 5 heteroatoms. The predicted octanol–water partition coefficient (Wildman–Crippen LogP) is 3.43. The molecule has 0 atom stereocenters. The third-order valence-electron chi connectivity index (χ3n) is 2.50. The molecule has 0 radical (unpaired) electrons. The number of hydrogen-bond donors (Lipinski definition) is 0. The second kappa shape index (κ2) is 5.23. The molecule has 0 saturated carbocycles. The van der Waals surface area contributed by atoms with E-state index in [-0.39, 0.29) is 0 Å². The molecular formula is C13H12ClNO3. The summed E-state index contributed by atoms with van der Waals surface area (Å²) in [7, 11) is 0. The van der Waals surface area contributed by atoms with Crippen LogP contribution >= 0.6 is 11.6 Å². The highest BCUT2D eigenvalue weighted by Crippen LogP contribution is 2.27. The fourth-order valence-corrected chi connectivity index (χ4v) is 1.90. The van der Waals surface area contributed by atoms with Crippen LogP contribution < -0.4 is 4.74 Å². The summed E-state index contributed by atoms with van der Waals surface area (Å²) in [6.07, 6.45) is 0. The van der Waals surface area contributed by atoms with Crippen molar-refractivity contribution in [1.82, 2.24) is 5.16 Å². The Hall–Kier alpha value is -1.81. The molecule has 18 heavy (non-hydrogen) atoms. The first-order valence-corrected chi connectivity index (χ1v) is 5.90. The Morgan fingerprint density at radius 2 is 2.06 bits per heavy atom. The van der Waals surface area contributed by atoms with Crippen molar-refractivity contribution >= 4 is 16.8 Å². The molecule has 1 aromatic heterocycles. The van der Waals surface area contributed by atoms with E-state index in [1.165, 1.54) is 0 Å². The fourth-order valence-electron chi connectivity index (χ4n) is 1.68. The van der Waals surface area contributed by atoms with Crippen molar-refractivity contribution in [2.24, 2.45) is 0 Å². The van der Waals surface area contributed by atoms with Gasteiger partial charge in [-0.25, -0.2) is 0 Å². The molecule has 0 aliphatic heterocycles. The van der Waals surface area contributed by atoms with Crippen molar-refractivity contribution in [2.75, 3.05) is 6.61 Å². The van der Waals surface area contributed by atoms with Gasteiger partial charge in [0.05, 0.1) is 6.61 Å². The number of aryl methyl sites for hydroxylation is 1. The number of benzene rings is 1. The summed E-state index contributed by atoms with van der Waals surface area (Å²) >= 11 is 5.52. The average Bonchev–Trinajstić information content (AvgIpc) is 2.73. The number of carbonyl (C=O) groups excluding carboxylic acids is 1. The quantitative estimate of drug-likeness (QED) is 0.795. The maximum Gasteiger partial charge on any atom is 0.258 e. The van der Waals surface area contributed by atoms with Gasteiger partial charge >= 0.3 is 0 Å². The van der Waals surface area contributed by atoms with Gasteiger partial charge < -0.3 is 9.26 Å². The average molecular weight is 266 g/mol. The zero-order chi connectivity index (χ0) is 13.1. The van der Waals surface area contributed by atoms with Crippen molar-refractivity contribution in [3.05, 3.63) is 35.6 Å². The first-order chi connectivity index (χ1) is 8.63. The lowest BCUT2D eigenvalue weighted by molar-refractivity contribution is 0.108. The zero-order valence-corrected chi connectivity index (χ0v) is 10.8. The lowest BCUT2D eigenvalue weighted by Gasteiger charge is -2.03. The van der Waals surface area contributed by atoms with Gasteiger partial charge in [-0.15, -0.1) is 0 Å². The highest BCUT2D eigenvalue weighted by Gasteiger charge is 2.19. The summed E-state index contributed by atoms with van der Waals surface area (Å²) in [6.45, 7) is 4.17. The molecule has 4 nitrogen and oxygen atoms in total. The number of carbonyl (C=O) groups is 1. The van der Waals surface area contributed by atoms with Gasteiger partial charge in [0, 0.05) is 5.56 Å². The summed E-state index contributed by atoms with van der Waals surface area (Å²) in [4.78, 5) is 11.3. The van der Waals surface area contributed by atoms with Crippen LogP contribution in [0.1, 0.15) is 23.0 Å². The molecule has 1 aromatic carbocycles. The minimum absolute atomic E-state index is 0.306. The Morgan fingerprint density at radius 1 is 1.39 bits per heavy atom. The van der Waals surface area contributed by atoms with Crippen LogP contribution in [-0.2, 0) is 0 Å². The van der Waals surface area contributed by atoms with E-state index in [1.807, 2.05) is 31.2 Å². The van der Waals surface area contributed by atoms with Crippen molar-refractivity contribution in [3.8, 4) is 17.0 Å². The number of nitrogens with zero attached hydrogens (tertiary/aromatic N) is 1. The van der Waals surface area contributed by atoms with Crippen LogP contribution in [0.2, 0.25) is 0 Å². The molecule has 0 N–H and O–H groups in total. The number of rotatable bonds is 4. The maximum absolute atomic E-state index is 11.3. The molecule has 0 spiro atoms. The standard InChI is InChI=1S/C13H12ClNO3/c1-3-17-10-6-4-9(5-7-10)12-11(13(14)16)8(2)18-15-12/h4-7H,3H2,1-2H3. The number of ether oxygens (including phenoxy) is 1. The molecular weight excluding hydrogens is 254 g/mol. The zero-order valence-electron chi connectivity index (χ0n) is 10.1. The van der Waals surface area contributed by atoms with Crippen molar-refractivity contribution in [1.29, 1.82) is 0 Å². The second-order valence-electron chi connectivity index (χ2n) is 3.69. The van der Waals surface area contributed by atoms with Crippen LogP contribution in [0.4, 0.5) is 0 Å². The van der Waals surface area contributed by atoms with E-state index >= 15 is 0 Å². The Kier molecular flexibility index (Phi) is 3.67. The van der Waals surface area contributed by atoms with E-state index < -0.39 is 5.24 Å². The smallest absolute Gasteiger partial charge is 0.258 e. The molecule has 0 aliphatic carbocycles. The van der Waals surface area contributed by atoms with E-state index in [1.54, 1.807) is 6.92 Å². The van der Waals surface area contributed by atoms with E-state index in [4.69, 9.17) is 20.9 Å². The summed E-state index contributed by atoms with van der Waals surface area (Å²) < 4.78 is 10.3. The molecule has 0 unspecified atom stereocenters. The molecule has 0 bridgehead atoms. The highest BCUT2D eigenvalue weighted by atomic mass is 35.5. The monoisotopic (exact) mass is 265 g/mol. The molecule has 0 fully saturated rings. The van der Waals surface area contributed by atoms with Crippen LogP contribution in [0.15, 0.2) is 28.8 Å². The van der Waals surface area contributed by atoms with Crippen LogP contribution in [0.25, 0.3) is 11.3 Å². The van der Waals surface area contributed by atoms with Gasteiger partial charge in [0.25, 0.3) is 5.24 Å². The van der Waals surface area contributed by atoms with Crippen LogP contribution in [0, 0.1) is 6.92 Å². The maximum atomic E-state index is 11.3. The molecule has 2 rings (SSSR count). The van der Waals surface area contributed by atoms with Gasteiger partial charge in [0.1, 0.15) is 22.8 Å². The Bertz CT molecular complexity index is 560. The molecule has 2 aromatic rings. The number of hydrogen-bond acceptors (Lipinski definition) is 4. The molecule has 1 heterocycles. The lowest BCUT2D eigenvalue weighted by atomic mass is 10.1. The third kappa shape index (κ3) is 2.38. The van der Waals surface area contributed by atoms with E-state index in [0.29, 0.717) is 23.6 Å². The van der Waals surface area contributed by atoms with Crippen LogP contribution in [0.5, 0.6) is 5.75 Å². The van der Waals surface area contributed by atoms with Gasteiger partial charge in [-0.1, -0.05) is 5.16 Å². The summed E-state index contributed by atoms with van der Waals surface area (Å²) in [6, 6.07) is 7.24. The first kappa shape index (κ1) is 12.6. The Labute approximate surface area is 109 Å². The summed E-state index contributed by atoms with van der Waals surface area (Å²) in [5, 5.41) is 3.29. The van der Waals surface area contributed by atoms with Gasteiger partial charge in [0.2, 0.25) is 0 Å². The number of aromatic nitrogens is 1. The number of halogens is 1. The van der Waals surface area contributed by atoms with Crippen LogP contribution in [-0.4, -0.2) is 17.0 Å². The predicted molar refractivity (Wildman–Crippen MR) is 68.0 cm³/mol. The van der Waals surface area contributed by atoms with E-state index in [2.05, 4.69) is 5.16 Å². The summed E-state index contributed by atoms with van der Waals surface area (Å²) in [5.74, 6) is 1.18. The first-order valence-electron chi connectivity index (χ1n) is 5.52. The summed E-state index contributed by atoms with van der Waals surface area (Å²) in [5.41, 5.74) is 1.52. The van der Waals surface area contributed by atoms with Gasteiger partial charge in [-0.05, 0) is 49.7 Å². The van der Waals surface area contributed by atoms with Gasteiger partial charge in [-0.3, -0.25) is 4.79 Å². The van der Waals surface area contributed by atoms with Crippen molar-refractivity contribution in [2.45, 2.75) is 13.8 Å². The largest absolute Gasteiger partial charge is 0.494 e. The SMILES string of the molecule is CCOc1ccc(-c2noc(C)c2C(=O)Cl)cc1. The van der Waals surface area contributed by atoms with Gasteiger partial charge in [0.15, 0.2) is 0 Å². The lowest BCUT2D eigenvalue weighted by Crippen LogP contribution is -1.94. The molecule has 94 valence electrons. The molecule has 0 amide bonds. The Morgan fingerprint density at radius 3 is 2.61 bits per heavy atom. The van der Waals surface area contributed by atoms with Crippen molar-refractivity contribution < 1.29 is 14.1 Å².